The van der Waals surface area contributed by atoms with Crippen molar-refractivity contribution in [3.8, 4) is 5.75 Å². The number of nitrogens with zero attached hydrogens (tertiary/aromatic N) is 2. The van der Waals surface area contributed by atoms with Crippen molar-refractivity contribution in [2.45, 2.75) is 38.8 Å². The molecule has 3 rings (SSSR count). The number of rotatable bonds is 4. The average molecular weight is 346 g/mol. The second-order valence-corrected chi connectivity index (χ2v) is 6.79. The van der Waals surface area contributed by atoms with Crippen molar-refractivity contribution in [2.75, 3.05) is 31.5 Å². The summed E-state index contributed by atoms with van der Waals surface area (Å²) in [6, 6.07) is 7.33. The lowest BCUT2D eigenvalue weighted by atomic mass is 10.0. The molecule has 4 amide bonds. The van der Waals surface area contributed by atoms with E-state index in [2.05, 4.69) is 10.6 Å². The van der Waals surface area contributed by atoms with Crippen LogP contribution in [0.5, 0.6) is 5.75 Å². The molecule has 0 saturated carbocycles. The number of carbonyl (C=O) groups excluding carboxylic acids is 2. The monoisotopic (exact) mass is 346 g/mol. The van der Waals surface area contributed by atoms with Gasteiger partial charge in [0.2, 0.25) is 0 Å². The number of anilines is 1. The van der Waals surface area contributed by atoms with Crippen molar-refractivity contribution < 1.29 is 14.3 Å². The molecular formula is C18H26N4O3. The van der Waals surface area contributed by atoms with Gasteiger partial charge in [-0.3, -0.25) is 0 Å². The molecule has 1 atom stereocenters. The van der Waals surface area contributed by atoms with Crippen LogP contribution in [0.25, 0.3) is 0 Å². The number of hydrogen-bond donors (Lipinski definition) is 2. The summed E-state index contributed by atoms with van der Waals surface area (Å²) in [7, 11) is 0. The normalized spacial score (nSPS) is 20.6. The highest BCUT2D eigenvalue weighted by Crippen LogP contribution is 2.20. The minimum absolute atomic E-state index is 0.0204. The highest BCUT2D eigenvalue weighted by Gasteiger charge is 2.32. The molecule has 2 saturated heterocycles. The lowest BCUT2D eigenvalue weighted by Crippen LogP contribution is -2.51. The lowest BCUT2D eigenvalue weighted by molar-refractivity contribution is 0.139. The van der Waals surface area contributed by atoms with Gasteiger partial charge >= 0.3 is 12.1 Å². The topological polar surface area (TPSA) is 73.9 Å². The van der Waals surface area contributed by atoms with Gasteiger partial charge in [-0.15, -0.1) is 0 Å². The molecule has 25 heavy (non-hydrogen) atoms. The summed E-state index contributed by atoms with van der Waals surface area (Å²) in [5.74, 6) is 0.783. The Labute approximate surface area is 148 Å². The van der Waals surface area contributed by atoms with E-state index in [-0.39, 0.29) is 24.2 Å². The number of amides is 4. The van der Waals surface area contributed by atoms with Gasteiger partial charge in [0.1, 0.15) is 5.75 Å². The van der Waals surface area contributed by atoms with Crippen LogP contribution in [0.15, 0.2) is 24.3 Å². The molecule has 7 nitrogen and oxygen atoms in total. The van der Waals surface area contributed by atoms with E-state index in [1.165, 1.54) is 0 Å². The fourth-order valence-corrected chi connectivity index (χ4v) is 3.32. The predicted molar refractivity (Wildman–Crippen MR) is 95.9 cm³/mol. The summed E-state index contributed by atoms with van der Waals surface area (Å²) in [4.78, 5) is 28.0. The summed E-state index contributed by atoms with van der Waals surface area (Å²) in [6.45, 7) is 6.65. The number of hydrogen-bond acceptors (Lipinski definition) is 3. The van der Waals surface area contributed by atoms with E-state index in [1.807, 2.05) is 43.0 Å². The minimum atomic E-state index is -0.123. The molecule has 2 aliphatic rings. The second kappa shape index (κ2) is 7.63. The van der Waals surface area contributed by atoms with Crippen molar-refractivity contribution in [1.82, 2.24) is 15.1 Å². The van der Waals surface area contributed by atoms with Gasteiger partial charge in [0.25, 0.3) is 0 Å². The van der Waals surface area contributed by atoms with E-state index in [1.54, 1.807) is 4.90 Å². The Bertz CT molecular complexity index is 617. The first-order chi connectivity index (χ1) is 12.0. The zero-order valence-electron chi connectivity index (χ0n) is 14.8. The van der Waals surface area contributed by atoms with Crippen molar-refractivity contribution in [3.63, 3.8) is 0 Å². The Hall–Kier alpha value is -2.44. The Morgan fingerprint density at radius 2 is 2.04 bits per heavy atom. The summed E-state index contributed by atoms with van der Waals surface area (Å²) in [5.41, 5.74) is 0.738. The smallest absolute Gasteiger partial charge is 0.321 e. The Morgan fingerprint density at radius 3 is 2.68 bits per heavy atom. The maximum Gasteiger partial charge on any atom is 0.321 e. The van der Waals surface area contributed by atoms with Gasteiger partial charge in [0, 0.05) is 31.9 Å². The maximum absolute atomic E-state index is 12.5. The quantitative estimate of drug-likeness (QED) is 0.880. The van der Waals surface area contributed by atoms with Gasteiger partial charge in [0.05, 0.1) is 12.1 Å². The number of ether oxygens (including phenoxy) is 1. The number of benzene rings is 1. The zero-order valence-corrected chi connectivity index (χ0v) is 14.8. The molecule has 7 heteroatoms. The number of likely N-dealkylation sites (tertiary alicyclic amines) is 1. The number of urea groups is 2. The van der Waals surface area contributed by atoms with E-state index in [0.717, 1.165) is 30.8 Å². The molecule has 0 spiro atoms. The molecule has 1 unspecified atom stereocenters. The van der Waals surface area contributed by atoms with Crippen LogP contribution < -0.4 is 15.4 Å². The summed E-state index contributed by atoms with van der Waals surface area (Å²) in [6.07, 6.45) is 1.97. The minimum Gasteiger partial charge on any atom is -0.491 e. The molecule has 2 fully saturated rings. The van der Waals surface area contributed by atoms with Gasteiger partial charge in [-0.1, -0.05) is 0 Å². The van der Waals surface area contributed by atoms with Crippen LogP contribution in [0, 0.1) is 0 Å². The molecule has 136 valence electrons. The van der Waals surface area contributed by atoms with Crippen LogP contribution >= 0.6 is 0 Å². The first-order valence-electron chi connectivity index (χ1n) is 8.90. The van der Waals surface area contributed by atoms with Crippen LogP contribution in [0.4, 0.5) is 15.3 Å². The largest absolute Gasteiger partial charge is 0.491 e. The van der Waals surface area contributed by atoms with E-state index in [0.29, 0.717) is 19.6 Å². The van der Waals surface area contributed by atoms with E-state index in [4.69, 9.17) is 4.74 Å². The summed E-state index contributed by atoms with van der Waals surface area (Å²) < 4.78 is 5.61. The van der Waals surface area contributed by atoms with Gasteiger partial charge < -0.3 is 25.2 Å². The molecule has 2 N–H and O–H groups in total. The second-order valence-electron chi connectivity index (χ2n) is 6.79. The van der Waals surface area contributed by atoms with Crippen molar-refractivity contribution in [1.29, 1.82) is 0 Å². The molecule has 0 bridgehead atoms. The highest BCUT2D eigenvalue weighted by molar-refractivity contribution is 5.89. The molecule has 1 aromatic carbocycles. The van der Waals surface area contributed by atoms with Crippen LogP contribution in [0.1, 0.15) is 26.7 Å². The van der Waals surface area contributed by atoms with E-state index in [9.17, 15) is 9.59 Å². The molecule has 2 heterocycles. The number of carbonyl (C=O) groups is 2. The van der Waals surface area contributed by atoms with Crippen molar-refractivity contribution in [2.24, 2.45) is 0 Å². The Balaban J connectivity index is 1.56. The molecule has 2 aliphatic heterocycles. The van der Waals surface area contributed by atoms with E-state index < -0.39 is 0 Å². The lowest BCUT2D eigenvalue weighted by Gasteiger charge is -2.36. The third kappa shape index (κ3) is 4.35. The number of nitrogens with one attached hydrogen (secondary N) is 2. The van der Waals surface area contributed by atoms with Gasteiger partial charge in [-0.25, -0.2) is 9.59 Å². The molecular weight excluding hydrogens is 320 g/mol. The van der Waals surface area contributed by atoms with Gasteiger partial charge in [-0.05, 0) is 51.0 Å². The molecule has 1 aromatic rings. The fourth-order valence-electron chi connectivity index (χ4n) is 3.32. The Morgan fingerprint density at radius 1 is 1.28 bits per heavy atom. The third-order valence-electron chi connectivity index (χ3n) is 4.49. The summed E-state index contributed by atoms with van der Waals surface area (Å²) >= 11 is 0. The highest BCUT2D eigenvalue weighted by atomic mass is 16.5. The zero-order chi connectivity index (χ0) is 17.8. The number of piperidine rings is 1. The fraction of sp³-hybridized carbons (Fsp3) is 0.556. The first-order valence-corrected chi connectivity index (χ1v) is 8.90. The first kappa shape index (κ1) is 17.4. The SMILES string of the molecule is CC(C)Oc1ccc(NC(=O)N2CCCC(N3CCNC3=O)C2)cc1. The van der Waals surface area contributed by atoms with Crippen LogP contribution in [0.3, 0.4) is 0 Å². The molecule has 0 aliphatic carbocycles. The van der Waals surface area contributed by atoms with Crippen LogP contribution in [-0.2, 0) is 0 Å². The van der Waals surface area contributed by atoms with Crippen molar-refractivity contribution in [3.05, 3.63) is 24.3 Å². The Kier molecular flexibility index (Phi) is 5.31. The van der Waals surface area contributed by atoms with Crippen molar-refractivity contribution >= 4 is 17.7 Å². The van der Waals surface area contributed by atoms with E-state index >= 15 is 0 Å². The third-order valence-corrected chi connectivity index (χ3v) is 4.49. The standard InChI is InChI=1S/C18H26N4O3/c1-13(2)25-16-7-5-14(6-8-16)20-18(24)21-10-3-4-15(12-21)22-11-9-19-17(22)23/h5-8,13,15H,3-4,9-12H2,1-2H3,(H,19,23)(H,20,24). The molecule has 0 aromatic heterocycles. The van der Waals surface area contributed by atoms with Gasteiger partial charge in [0.15, 0.2) is 0 Å². The van der Waals surface area contributed by atoms with Crippen LogP contribution in [0.2, 0.25) is 0 Å². The maximum atomic E-state index is 12.5. The predicted octanol–water partition coefficient (Wildman–Crippen LogP) is 2.50. The van der Waals surface area contributed by atoms with Crippen LogP contribution in [-0.4, -0.2) is 60.2 Å². The van der Waals surface area contributed by atoms with Gasteiger partial charge in [-0.2, -0.15) is 0 Å². The average Bonchev–Trinajstić information content (AvgIpc) is 3.02. The summed E-state index contributed by atoms with van der Waals surface area (Å²) in [5, 5.41) is 5.75. The molecule has 0 radical (unpaired) electrons.